The average molecular weight is 528 g/mol. The molecule has 0 radical (unpaired) electrons. The molecule has 198 valence electrons. The van der Waals surface area contributed by atoms with Crippen molar-refractivity contribution in [3.8, 4) is 5.19 Å². The second kappa shape index (κ2) is 12.3. The van der Waals surface area contributed by atoms with Gasteiger partial charge in [-0.15, -0.1) is 10.2 Å². The predicted molar refractivity (Wildman–Crippen MR) is 128 cm³/mol. The monoisotopic (exact) mass is 527 g/mol. The lowest BCUT2D eigenvalue weighted by Crippen LogP contribution is -2.29. The van der Waals surface area contributed by atoms with E-state index >= 15 is 0 Å². The van der Waals surface area contributed by atoms with Crippen LogP contribution in [0.5, 0.6) is 5.19 Å². The lowest BCUT2D eigenvalue weighted by Gasteiger charge is -2.28. The summed E-state index contributed by atoms with van der Waals surface area (Å²) in [5.74, 6) is 1.49. The average Bonchev–Trinajstić information content (AvgIpc) is 3.36. The van der Waals surface area contributed by atoms with E-state index in [9.17, 15) is 18.0 Å². The van der Waals surface area contributed by atoms with Gasteiger partial charge in [-0.1, -0.05) is 11.3 Å². The van der Waals surface area contributed by atoms with Crippen molar-refractivity contribution in [2.45, 2.75) is 70.9 Å². The number of hydrogen-bond acceptors (Lipinski definition) is 8. The summed E-state index contributed by atoms with van der Waals surface area (Å²) in [6, 6.07) is 0. The van der Waals surface area contributed by atoms with Gasteiger partial charge in [-0.25, -0.2) is 9.98 Å². The normalized spacial score (nSPS) is 21.4. The number of thiazole rings is 1. The van der Waals surface area contributed by atoms with Gasteiger partial charge < -0.3 is 14.1 Å². The molecule has 4 rings (SSSR count). The standard InChI is InChI=1S/C24H32F3N5O3S/c1-16-30-31-22(35-16)14-21(33)28-15-18-4-2-17(3-5-18)6-10-32-11-7-19-20(8-12-32)36-23(29-19)34-13-9-24(25,26)27/h15,17-18H,2-14H2,1H3. The topological polar surface area (TPSA) is 93.7 Å². The van der Waals surface area contributed by atoms with Crippen LogP contribution in [-0.4, -0.2) is 64.6 Å². The first-order valence-corrected chi connectivity index (χ1v) is 13.3. The van der Waals surface area contributed by atoms with Crippen molar-refractivity contribution in [3.05, 3.63) is 22.4 Å². The van der Waals surface area contributed by atoms with Crippen molar-refractivity contribution in [1.29, 1.82) is 0 Å². The van der Waals surface area contributed by atoms with Gasteiger partial charge in [-0.3, -0.25) is 4.79 Å². The summed E-state index contributed by atoms with van der Waals surface area (Å²) in [5, 5.41) is 7.90. The predicted octanol–water partition coefficient (Wildman–Crippen LogP) is 4.60. The van der Waals surface area contributed by atoms with Crippen LogP contribution in [0.1, 0.15) is 60.9 Å². The molecule has 36 heavy (non-hydrogen) atoms. The van der Waals surface area contributed by atoms with Crippen LogP contribution < -0.4 is 4.74 Å². The van der Waals surface area contributed by atoms with E-state index in [4.69, 9.17) is 9.15 Å². The molecule has 8 nitrogen and oxygen atoms in total. The summed E-state index contributed by atoms with van der Waals surface area (Å²) >= 11 is 1.38. The molecule has 0 spiro atoms. The minimum Gasteiger partial charge on any atom is -0.470 e. The van der Waals surface area contributed by atoms with Gasteiger partial charge in [-0.2, -0.15) is 13.2 Å². The third-order valence-corrected chi connectivity index (χ3v) is 7.80. The van der Waals surface area contributed by atoms with Gasteiger partial charge in [0.15, 0.2) is 0 Å². The van der Waals surface area contributed by atoms with E-state index in [1.165, 1.54) is 11.3 Å². The second-order valence-corrected chi connectivity index (χ2v) is 10.6. The number of aliphatic imine (C=N–C) groups is 1. The number of halogens is 3. The number of nitrogens with zero attached hydrogens (tertiary/aromatic N) is 5. The Labute approximate surface area is 212 Å². The molecule has 1 amide bonds. The molecule has 0 atom stereocenters. The van der Waals surface area contributed by atoms with Gasteiger partial charge in [0, 0.05) is 37.5 Å². The molecule has 0 unspecified atom stereocenters. The fourth-order valence-corrected chi connectivity index (χ4v) is 5.66. The quantitative estimate of drug-likeness (QED) is 0.440. The number of ether oxygens (including phenoxy) is 1. The summed E-state index contributed by atoms with van der Waals surface area (Å²) in [7, 11) is 0. The molecule has 0 aromatic carbocycles. The van der Waals surface area contributed by atoms with Gasteiger partial charge in [0.2, 0.25) is 11.8 Å². The van der Waals surface area contributed by atoms with Gasteiger partial charge >= 0.3 is 6.18 Å². The largest absolute Gasteiger partial charge is 0.470 e. The molecule has 0 bridgehead atoms. The fourth-order valence-electron chi connectivity index (χ4n) is 4.69. The Bertz CT molecular complexity index is 1010. The van der Waals surface area contributed by atoms with Crippen molar-refractivity contribution >= 4 is 23.5 Å². The van der Waals surface area contributed by atoms with E-state index in [2.05, 4.69) is 25.1 Å². The second-order valence-electron chi connectivity index (χ2n) is 9.54. The van der Waals surface area contributed by atoms with Crippen LogP contribution in [0.4, 0.5) is 13.2 Å². The summed E-state index contributed by atoms with van der Waals surface area (Å²) in [6.45, 7) is 4.18. The molecule has 2 aromatic rings. The first-order valence-electron chi connectivity index (χ1n) is 12.5. The van der Waals surface area contributed by atoms with Gasteiger partial charge in [0.1, 0.15) is 6.42 Å². The Balaban J connectivity index is 1.12. The van der Waals surface area contributed by atoms with E-state index in [1.54, 1.807) is 13.1 Å². The third kappa shape index (κ3) is 8.36. The minimum absolute atomic E-state index is 0.0387. The maximum atomic E-state index is 12.3. The molecule has 1 aliphatic heterocycles. The molecule has 2 aromatic heterocycles. The van der Waals surface area contributed by atoms with Gasteiger partial charge in [-0.05, 0) is 56.9 Å². The van der Waals surface area contributed by atoms with E-state index in [0.29, 0.717) is 28.8 Å². The Hall–Kier alpha value is -2.34. The van der Waals surface area contributed by atoms with Crippen LogP contribution in [0.3, 0.4) is 0 Å². The number of rotatable bonds is 9. The van der Waals surface area contributed by atoms with Gasteiger partial charge in [0.05, 0.1) is 18.7 Å². The van der Waals surface area contributed by atoms with Crippen molar-refractivity contribution in [1.82, 2.24) is 20.1 Å². The molecule has 3 heterocycles. The molecule has 1 aliphatic carbocycles. The minimum atomic E-state index is -4.21. The van der Waals surface area contributed by atoms with Crippen LogP contribution in [-0.2, 0) is 24.1 Å². The van der Waals surface area contributed by atoms with Crippen LogP contribution in [0, 0.1) is 18.8 Å². The SMILES string of the molecule is Cc1nnc(CC(=O)N=CC2CCC(CCN3CCc4nc(OCCC(F)(F)F)sc4CC3)CC2)o1. The van der Waals surface area contributed by atoms with Crippen molar-refractivity contribution in [2.75, 3.05) is 26.2 Å². The lowest BCUT2D eigenvalue weighted by atomic mass is 9.81. The molecule has 12 heteroatoms. The highest BCUT2D eigenvalue weighted by Gasteiger charge is 2.27. The number of fused-ring (bicyclic) bond motifs is 1. The molecule has 1 fully saturated rings. The zero-order valence-electron chi connectivity index (χ0n) is 20.4. The molecule has 1 saturated carbocycles. The summed E-state index contributed by atoms with van der Waals surface area (Å²) in [4.78, 5) is 24.1. The Kier molecular flexibility index (Phi) is 9.10. The van der Waals surface area contributed by atoms with Gasteiger partial charge in [0.25, 0.3) is 11.1 Å². The number of hydrogen-bond donors (Lipinski definition) is 0. The first kappa shape index (κ1) is 26.7. The summed E-state index contributed by atoms with van der Waals surface area (Å²) in [5.41, 5.74) is 0.966. The van der Waals surface area contributed by atoms with Crippen molar-refractivity contribution in [2.24, 2.45) is 16.8 Å². The Morgan fingerprint density at radius 3 is 2.72 bits per heavy atom. The molecular formula is C24H32F3N5O3S. The Morgan fingerprint density at radius 2 is 2.00 bits per heavy atom. The van der Waals surface area contributed by atoms with E-state index in [0.717, 1.165) is 75.2 Å². The van der Waals surface area contributed by atoms with E-state index < -0.39 is 12.6 Å². The summed E-state index contributed by atoms with van der Waals surface area (Å²) < 4.78 is 47.4. The number of carbonyl (C=O) groups is 1. The number of aromatic nitrogens is 3. The van der Waals surface area contributed by atoms with Crippen molar-refractivity contribution < 1.29 is 27.1 Å². The highest BCUT2D eigenvalue weighted by atomic mass is 32.1. The smallest absolute Gasteiger partial charge is 0.392 e. The number of alkyl halides is 3. The summed E-state index contributed by atoms with van der Waals surface area (Å²) in [6.07, 6.45) is 3.82. The van der Waals surface area contributed by atoms with Crippen LogP contribution >= 0.6 is 11.3 Å². The third-order valence-electron chi connectivity index (χ3n) is 6.73. The molecule has 0 saturated heterocycles. The zero-order chi connectivity index (χ0) is 25.5. The maximum Gasteiger partial charge on any atom is 0.392 e. The first-order chi connectivity index (χ1) is 17.2. The van der Waals surface area contributed by atoms with Crippen molar-refractivity contribution in [3.63, 3.8) is 0 Å². The lowest BCUT2D eigenvalue weighted by molar-refractivity contribution is -0.139. The number of amides is 1. The van der Waals surface area contributed by atoms with E-state index in [-0.39, 0.29) is 18.9 Å². The number of carbonyl (C=O) groups excluding carboxylic acids is 1. The maximum absolute atomic E-state index is 12.3. The highest BCUT2D eigenvalue weighted by molar-refractivity contribution is 7.13. The van der Waals surface area contributed by atoms with Crippen LogP contribution in [0.2, 0.25) is 0 Å². The zero-order valence-corrected chi connectivity index (χ0v) is 21.2. The molecule has 0 N–H and O–H groups in total. The molecule has 2 aliphatic rings. The Morgan fingerprint density at radius 1 is 1.22 bits per heavy atom. The van der Waals surface area contributed by atoms with E-state index in [1.807, 2.05) is 0 Å². The highest BCUT2D eigenvalue weighted by Crippen LogP contribution is 2.32. The number of aryl methyl sites for hydroxylation is 1. The van der Waals surface area contributed by atoms with Crippen LogP contribution in [0.25, 0.3) is 0 Å². The fraction of sp³-hybridized carbons (Fsp3) is 0.708. The van der Waals surface area contributed by atoms with Crippen LogP contribution in [0.15, 0.2) is 9.41 Å². The molecular weight excluding hydrogens is 495 g/mol.